The van der Waals surface area contributed by atoms with Crippen LogP contribution in [0.4, 0.5) is 10.5 Å². The summed E-state index contributed by atoms with van der Waals surface area (Å²) < 4.78 is 13.4. The summed E-state index contributed by atoms with van der Waals surface area (Å²) in [5.41, 5.74) is 2.53. The van der Waals surface area contributed by atoms with Crippen molar-refractivity contribution in [2.45, 2.75) is 20.5 Å². The first-order valence-electron chi connectivity index (χ1n) is 12.5. The Morgan fingerprint density at radius 2 is 1.65 bits per heavy atom. The Balaban J connectivity index is 1.44. The van der Waals surface area contributed by atoms with Crippen LogP contribution in [-0.4, -0.2) is 24.5 Å². The van der Waals surface area contributed by atoms with Gasteiger partial charge < -0.3 is 9.47 Å². The molecular weight excluding hydrogens is 640 g/mol. The second-order valence-electron chi connectivity index (χ2n) is 9.12. The van der Waals surface area contributed by atoms with E-state index in [2.05, 4.69) is 61.4 Å². The van der Waals surface area contributed by atoms with Crippen molar-refractivity contribution in [1.29, 1.82) is 0 Å². The van der Waals surface area contributed by atoms with Crippen LogP contribution in [-0.2, 0) is 16.2 Å². The third kappa shape index (κ3) is 5.66. The Kier molecular flexibility index (Phi) is 8.04. The van der Waals surface area contributed by atoms with Gasteiger partial charge in [-0.05, 0) is 99.7 Å². The number of carbonyl (C=O) groups excluding carboxylic acids is 3. The second-order valence-corrected chi connectivity index (χ2v) is 10.8. The minimum Gasteiger partial charge on any atom is -0.490 e. The smallest absolute Gasteiger partial charge is 0.335 e. The Labute approximate surface area is 248 Å². The fraction of sp³-hybridized carbons (Fsp3) is 0.129. The lowest BCUT2D eigenvalue weighted by atomic mass is 10.1. The molecule has 0 radical (unpaired) electrons. The topological polar surface area (TPSA) is 84.9 Å². The molecule has 1 aliphatic rings. The van der Waals surface area contributed by atoms with Crippen LogP contribution in [0.1, 0.15) is 23.6 Å². The van der Waals surface area contributed by atoms with E-state index in [9.17, 15) is 14.4 Å². The van der Waals surface area contributed by atoms with Crippen LogP contribution in [0.25, 0.3) is 16.8 Å². The number of imide groups is 2. The van der Waals surface area contributed by atoms with Gasteiger partial charge in [0.15, 0.2) is 11.5 Å². The Hall–Kier alpha value is -3.95. The maximum Gasteiger partial charge on any atom is 0.335 e. The molecule has 202 valence electrons. The molecule has 7 nitrogen and oxygen atoms in total. The van der Waals surface area contributed by atoms with Crippen molar-refractivity contribution in [2.75, 3.05) is 11.5 Å². The predicted octanol–water partition coefficient (Wildman–Crippen LogP) is 7.32. The Morgan fingerprint density at radius 3 is 2.40 bits per heavy atom. The fourth-order valence-corrected chi connectivity index (χ4v) is 5.21. The number of nitrogens with one attached hydrogen (secondary N) is 1. The van der Waals surface area contributed by atoms with Gasteiger partial charge in [-0.3, -0.25) is 14.9 Å². The number of barbiturate groups is 1. The zero-order chi connectivity index (χ0) is 28.4. The van der Waals surface area contributed by atoms with Gasteiger partial charge in [0, 0.05) is 4.47 Å². The van der Waals surface area contributed by atoms with Gasteiger partial charge in [0.05, 0.1) is 16.8 Å². The number of urea groups is 1. The average Bonchev–Trinajstić information content (AvgIpc) is 2.92. The van der Waals surface area contributed by atoms with E-state index >= 15 is 0 Å². The highest BCUT2D eigenvalue weighted by atomic mass is 79.9. The maximum atomic E-state index is 13.4. The molecule has 9 heteroatoms. The number of anilines is 1. The molecule has 1 N–H and O–H groups in total. The highest BCUT2D eigenvalue weighted by molar-refractivity contribution is 9.10. The van der Waals surface area contributed by atoms with Gasteiger partial charge >= 0.3 is 6.03 Å². The number of fused-ring (bicyclic) bond motifs is 1. The first kappa shape index (κ1) is 27.6. The van der Waals surface area contributed by atoms with Gasteiger partial charge in [0.1, 0.15) is 12.2 Å². The van der Waals surface area contributed by atoms with Crippen molar-refractivity contribution in [3.63, 3.8) is 0 Å². The lowest BCUT2D eigenvalue weighted by Gasteiger charge is -2.26. The molecule has 0 aromatic heterocycles. The number of carbonyl (C=O) groups is 3. The zero-order valence-electron chi connectivity index (χ0n) is 21.7. The van der Waals surface area contributed by atoms with Gasteiger partial charge in [-0.1, -0.05) is 52.3 Å². The molecule has 4 aromatic carbocycles. The first-order chi connectivity index (χ1) is 19.2. The second kappa shape index (κ2) is 11.7. The summed E-state index contributed by atoms with van der Waals surface area (Å²) in [6, 6.07) is 22.0. The average molecular weight is 664 g/mol. The standard InChI is InChI=1S/C31H24Br2N2O5/c1-3-39-27-16-20(15-26(33)28(27)40-17-19-8-9-21-6-4-5-7-22(21)13-19)14-24-29(36)34-31(38)35(30(24)37)23-10-11-25(32)18(2)12-23/h4-16H,3,17H2,1-2H3,(H,34,36,38)/b24-14+. The molecule has 0 unspecified atom stereocenters. The summed E-state index contributed by atoms with van der Waals surface area (Å²) >= 11 is 6.98. The fourth-order valence-electron chi connectivity index (χ4n) is 4.38. The molecule has 1 fully saturated rings. The minimum atomic E-state index is -0.803. The Morgan fingerprint density at radius 1 is 0.875 bits per heavy atom. The molecule has 1 saturated heterocycles. The molecule has 40 heavy (non-hydrogen) atoms. The summed E-state index contributed by atoms with van der Waals surface area (Å²) in [5.74, 6) is -0.546. The molecule has 1 heterocycles. The van der Waals surface area contributed by atoms with E-state index in [1.165, 1.54) is 6.08 Å². The van der Waals surface area contributed by atoms with Crippen molar-refractivity contribution in [1.82, 2.24) is 5.32 Å². The first-order valence-corrected chi connectivity index (χ1v) is 14.1. The van der Waals surface area contributed by atoms with E-state index in [1.807, 2.05) is 32.0 Å². The zero-order valence-corrected chi connectivity index (χ0v) is 24.8. The number of hydrogen-bond acceptors (Lipinski definition) is 5. The number of rotatable bonds is 7. The molecule has 5 rings (SSSR count). The molecule has 0 atom stereocenters. The van der Waals surface area contributed by atoms with Gasteiger partial charge in [0.25, 0.3) is 11.8 Å². The van der Waals surface area contributed by atoms with Crippen LogP contribution in [0, 0.1) is 6.92 Å². The van der Waals surface area contributed by atoms with Crippen molar-refractivity contribution in [3.8, 4) is 11.5 Å². The number of ether oxygens (including phenoxy) is 2. The van der Waals surface area contributed by atoms with E-state index < -0.39 is 17.8 Å². The highest BCUT2D eigenvalue weighted by Crippen LogP contribution is 2.38. The monoisotopic (exact) mass is 662 g/mol. The maximum absolute atomic E-state index is 13.4. The third-order valence-corrected chi connectivity index (χ3v) is 7.82. The molecular formula is C31H24Br2N2O5. The van der Waals surface area contributed by atoms with Gasteiger partial charge in [-0.15, -0.1) is 0 Å². The van der Waals surface area contributed by atoms with Crippen LogP contribution < -0.4 is 19.7 Å². The molecule has 0 bridgehead atoms. The number of amides is 4. The molecule has 0 aliphatic carbocycles. The van der Waals surface area contributed by atoms with Crippen LogP contribution in [0.15, 0.2) is 87.3 Å². The lowest BCUT2D eigenvalue weighted by Crippen LogP contribution is -2.54. The summed E-state index contributed by atoms with van der Waals surface area (Å²) in [6.07, 6.45) is 1.43. The van der Waals surface area contributed by atoms with E-state index in [1.54, 1.807) is 30.3 Å². The van der Waals surface area contributed by atoms with Crippen LogP contribution in [0.2, 0.25) is 0 Å². The van der Waals surface area contributed by atoms with Crippen LogP contribution in [0.3, 0.4) is 0 Å². The van der Waals surface area contributed by atoms with Gasteiger partial charge in [0.2, 0.25) is 0 Å². The van der Waals surface area contributed by atoms with E-state index in [0.29, 0.717) is 40.4 Å². The number of halogens is 2. The molecule has 4 aromatic rings. The largest absolute Gasteiger partial charge is 0.490 e. The highest BCUT2D eigenvalue weighted by Gasteiger charge is 2.37. The summed E-state index contributed by atoms with van der Waals surface area (Å²) in [6.45, 7) is 4.39. The van der Waals surface area contributed by atoms with Crippen molar-refractivity contribution in [2.24, 2.45) is 0 Å². The van der Waals surface area contributed by atoms with Gasteiger partial charge in [-0.2, -0.15) is 0 Å². The predicted molar refractivity (Wildman–Crippen MR) is 161 cm³/mol. The van der Waals surface area contributed by atoms with Crippen LogP contribution >= 0.6 is 31.9 Å². The molecule has 0 saturated carbocycles. The van der Waals surface area contributed by atoms with Crippen molar-refractivity contribution in [3.05, 3.63) is 104 Å². The number of nitrogens with zero attached hydrogens (tertiary/aromatic N) is 1. The van der Waals surface area contributed by atoms with E-state index in [0.717, 1.165) is 31.3 Å². The number of aryl methyl sites for hydroxylation is 1. The normalized spacial score (nSPS) is 14.6. The summed E-state index contributed by atoms with van der Waals surface area (Å²) in [5, 5.41) is 4.53. The van der Waals surface area contributed by atoms with E-state index in [-0.39, 0.29) is 5.57 Å². The van der Waals surface area contributed by atoms with E-state index in [4.69, 9.17) is 9.47 Å². The van der Waals surface area contributed by atoms with Crippen molar-refractivity contribution < 1.29 is 23.9 Å². The molecule has 0 spiro atoms. The summed E-state index contributed by atoms with van der Waals surface area (Å²) in [4.78, 5) is 39.6. The minimum absolute atomic E-state index is 0.181. The van der Waals surface area contributed by atoms with Crippen molar-refractivity contribution >= 4 is 72.2 Å². The van der Waals surface area contributed by atoms with Crippen LogP contribution in [0.5, 0.6) is 11.5 Å². The SMILES string of the molecule is CCOc1cc(/C=C2\C(=O)NC(=O)N(c3ccc(Br)c(C)c3)C2=O)cc(Br)c1OCc1ccc2ccccc2c1. The number of hydrogen-bond donors (Lipinski definition) is 1. The summed E-state index contributed by atoms with van der Waals surface area (Å²) in [7, 11) is 0. The molecule has 4 amide bonds. The lowest BCUT2D eigenvalue weighted by molar-refractivity contribution is -0.122. The molecule has 1 aliphatic heterocycles. The third-order valence-electron chi connectivity index (χ3n) is 6.34. The quantitative estimate of drug-likeness (QED) is 0.166. The number of benzene rings is 4. The van der Waals surface area contributed by atoms with Gasteiger partial charge in [-0.25, -0.2) is 9.69 Å². The Bertz CT molecular complexity index is 1700.